The van der Waals surface area contributed by atoms with Gasteiger partial charge in [-0.2, -0.15) is 0 Å². The largest absolute Gasteiger partial charge is 0.480 e. The van der Waals surface area contributed by atoms with Crippen molar-refractivity contribution < 1.29 is 19.4 Å². The molecule has 3 unspecified atom stereocenters. The topological polar surface area (TPSA) is 71.0 Å². The van der Waals surface area contributed by atoms with E-state index in [0.29, 0.717) is 6.42 Å². The van der Waals surface area contributed by atoms with Crippen LogP contribution >= 0.6 is 0 Å². The predicted octanol–water partition coefficient (Wildman–Crippen LogP) is -0.605. The molecular weight excluding hydrogens is 224 g/mol. The number of rotatable bonds is 7. The van der Waals surface area contributed by atoms with Crippen LogP contribution in [0.3, 0.4) is 0 Å². The molecule has 3 atom stereocenters. The first kappa shape index (κ1) is 14.4. The Labute approximate surface area is 102 Å². The zero-order valence-electron chi connectivity index (χ0n) is 10.7. The number of carboxylic acid groups (broad SMARTS) is 1. The van der Waals surface area contributed by atoms with Gasteiger partial charge in [-0.3, -0.25) is 9.69 Å². The highest BCUT2D eigenvalue weighted by Crippen LogP contribution is 2.16. The Morgan fingerprint density at radius 1 is 1.41 bits per heavy atom. The zero-order chi connectivity index (χ0) is 12.8. The summed E-state index contributed by atoms with van der Waals surface area (Å²) in [4.78, 5) is 13.0. The summed E-state index contributed by atoms with van der Waals surface area (Å²) >= 11 is 0. The van der Waals surface area contributed by atoms with Crippen molar-refractivity contribution in [3.63, 3.8) is 0 Å². The van der Waals surface area contributed by atoms with E-state index in [-0.39, 0.29) is 12.2 Å². The van der Waals surface area contributed by atoms with Crippen molar-refractivity contribution in [2.24, 2.45) is 0 Å². The summed E-state index contributed by atoms with van der Waals surface area (Å²) in [5, 5.41) is 11.7. The van der Waals surface area contributed by atoms with E-state index < -0.39 is 12.0 Å². The lowest BCUT2D eigenvalue weighted by Crippen LogP contribution is -2.37. The van der Waals surface area contributed by atoms with Gasteiger partial charge in [-0.1, -0.05) is 0 Å². The van der Waals surface area contributed by atoms with Crippen LogP contribution in [-0.2, 0) is 14.3 Å². The first-order valence-electron chi connectivity index (χ1n) is 5.80. The molecule has 1 rings (SSSR count). The van der Waals surface area contributed by atoms with E-state index in [4.69, 9.17) is 14.6 Å². The number of likely N-dealkylation sites (tertiary alicyclic amines) is 1. The molecule has 1 aliphatic heterocycles. The first-order chi connectivity index (χ1) is 8.12. The van der Waals surface area contributed by atoms with E-state index >= 15 is 0 Å². The van der Waals surface area contributed by atoms with E-state index in [2.05, 4.69) is 10.2 Å². The standard InChI is InChI=1S/C11H22N2O4/c1-12-8(11(14)15)4-5-13-6-9(16-2)10(7-13)17-3/h8-10,12H,4-7H2,1-3H3,(H,14,15). The Kier molecular flexibility index (Phi) is 5.84. The zero-order valence-corrected chi connectivity index (χ0v) is 10.7. The lowest BCUT2D eigenvalue weighted by Gasteiger charge is -2.18. The van der Waals surface area contributed by atoms with Gasteiger partial charge in [0.05, 0.1) is 12.2 Å². The molecule has 1 fully saturated rings. The number of aliphatic carboxylic acids is 1. The fraction of sp³-hybridized carbons (Fsp3) is 0.909. The second-order valence-electron chi connectivity index (χ2n) is 4.28. The molecule has 0 aromatic carbocycles. The number of nitrogens with one attached hydrogen (secondary N) is 1. The molecule has 0 saturated carbocycles. The summed E-state index contributed by atoms with van der Waals surface area (Å²) < 4.78 is 10.7. The number of ether oxygens (including phenoxy) is 2. The fourth-order valence-electron chi connectivity index (χ4n) is 2.16. The number of nitrogens with zero attached hydrogens (tertiary/aromatic N) is 1. The van der Waals surface area contributed by atoms with Crippen molar-refractivity contribution in [1.29, 1.82) is 0 Å². The second-order valence-corrected chi connectivity index (χ2v) is 4.28. The summed E-state index contributed by atoms with van der Waals surface area (Å²) in [5.74, 6) is -0.807. The third kappa shape index (κ3) is 3.92. The Balaban J connectivity index is 2.36. The molecule has 0 radical (unpaired) electrons. The molecule has 6 nitrogen and oxygen atoms in total. The third-order valence-electron chi connectivity index (χ3n) is 3.28. The quantitative estimate of drug-likeness (QED) is 0.625. The molecule has 1 aliphatic rings. The highest BCUT2D eigenvalue weighted by Gasteiger charge is 2.33. The van der Waals surface area contributed by atoms with Crippen molar-refractivity contribution >= 4 is 5.97 Å². The Hall–Kier alpha value is -0.690. The van der Waals surface area contributed by atoms with Gasteiger partial charge in [0.25, 0.3) is 0 Å². The number of carboxylic acids is 1. The van der Waals surface area contributed by atoms with E-state index in [1.165, 1.54) is 0 Å². The predicted molar refractivity (Wildman–Crippen MR) is 63.1 cm³/mol. The van der Waals surface area contributed by atoms with Gasteiger partial charge in [0.2, 0.25) is 0 Å². The molecule has 0 bridgehead atoms. The van der Waals surface area contributed by atoms with Gasteiger partial charge in [0.15, 0.2) is 0 Å². The number of methoxy groups -OCH3 is 2. The van der Waals surface area contributed by atoms with E-state index in [1.807, 2.05) is 0 Å². The molecule has 17 heavy (non-hydrogen) atoms. The number of carbonyl (C=O) groups is 1. The summed E-state index contributed by atoms with van der Waals surface area (Å²) in [6.45, 7) is 2.33. The molecule has 100 valence electrons. The van der Waals surface area contributed by atoms with Crippen LogP contribution in [0.2, 0.25) is 0 Å². The summed E-state index contributed by atoms with van der Waals surface area (Å²) in [5.41, 5.74) is 0. The lowest BCUT2D eigenvalue weighted by molar-refractivity contribution is -0.139. The fourth-order valence-corrected chi connectivity index (χ4v) is 2.16. The summed E-state index contributed by atoms with van der Waals surface area (Å²) in [6, 6.07) is -0.488. The average Bonchev–Trinajstić information content (AvgIpc) is 2.71. The minimum absolute atomic E-state index is 0.0814. The minimum atomic E-state index is -0.807. The van der Waals surface area contributed by atoms with Crippen LogP contribution in [0.15, 0.2) is 0 Å². The van der Waals surface area contributed by atoms with Crippen LogP contribution in [0.1, 0.15) is 6.42 Å². The van der Waals surface area contributed by atoms with Crippen LogP contribution < -0.4 is 5.32 Å². The summed E-state index contributed by atoms with van der Waals surface area (Å²) in [6.07, 6.45) is 0.745. The Morgan fingerprint density at radius 2 is 1.94 bits per heavy atom. The van der Waals surface area contributed by atoms with Gasteiger partial charge in [-0.25, -0.2) is 0 Å². The maximum atomic E-state index is 10.8. The molecule has 0 amide bonds. The minimum Gasteiger partial charge on any atom is -0.480 e. The molecule has 6 heteroatoms. The van der Waals surface area contributed by atoms with Crippen molar-refractivity contribution in [3.05, 3.63) is 0 Å². The monoisotopic (exact) mass is 246 g/mol. The highest BCUT2D eigenvalue weighted by molar-refractivity contribution is 5.73. The van der Waals surface area contributed by atoms with Gasteiger partial charge < -0.3 is 19.9 Å². The third-order valence-corrected chi connectivity index (χ3v) is 3.28. The van der Waals surface area contributed by atoms with Gasteiger partial charge in [-0.15, -0.1) is 0 Å². The van der Waals surface area contributed by atoms with Crippen LogP contribution in [0, 0.1) is 0 Å². The molecule has 1 heterocycles. The SMILES string of the molecule is CNC(CCN1CC(OC)C(OC)C1)C(=O)O. The molecule has 0 aliphatic carbocycles. The van der Waals surface area contributed by atoms with Crippen LogP contribution in [-0.4, -0.2) is 75.1 Å². The van der Waals surface area contributed by atoms with E-state index in [0.717, 1.165) is 19.6 Å². The average molecular weight is 246 g/mol. The summed E-state index contributed by atoms with van der Waals surface area (Å²) in [7, 11) is 5.01. The molecule has 2 N–H and O–H groups in total. The Morgan fingerprint density at radius 3 is 2.29 bits per heavy atom. The maximum absolute atomic E-state index is 10.8. The van der Waals surface area contributed by atoms with E-state index in [9.17, 15) is 4.79 Å². The molecule has 0 spiro atoms. The Bertz CT molecular complexity index is 238. The maximum Gasteiger partial charge on any atom is 0.320 e. The first-order valence-corrected chi connectivity index (χ1v) is 5.80. The van der Waals surface area contributed by atoms with Gasteiger partial charge in [-0.05, 0) is 13.5 Å². The van der Waals surface area contributed by atoms with Gasteiger partial charge in [0.1, 0.15) is 6.04 Å². The normalized spacial score (nSPS) is 27.2. The van der Waals surface area contributed by atoms with Crippen molar-refractivity contribution in [3.8, 4) is 0 Å². The number of hydrogen-bond donors (Lipinski definition) is 2. The molecule has 1 saturated heterocycles. The number of hydrogen-bond acceptors (Lipinski definition) is 5. The van der Waals surface area contributed by atoms with Crippen LogP contribution in [0.4, 0.5) is 0 Å². The van der Waals surface area contributed by atoms with Crippen LogP contribution in [0.5, 0.6) is 0 Å². The number of likely N-dealkylation sites (N-methyl/N-ethyl adjacent to an activating group) is 1. The molecule has 0 aromatic heterocycles. The van der Waals surface area contributed by atoms with Crippen molar-refractivity contribution in [2.75, 3.05) is 40.9 Å². The second kappa shape index (κ2) is 6.90. The van der Waals surface area contributed by atoms with Gasteiger partial charge >= 0.3 is 5.97 Å². The molecule has 0 aromatic rings. The lowest BCUT2D eigenvalue weighted by atomic mass is 10.2. The smallest absolute Gasteiger partial charge is 0.320 e. The van der Waals surface area contributed by atoms with Gasteiger partial charge in [0, 0.05) is 33.9 Å². The molecular formula is C11H22N2O4. The van der Waals surface area contributed by atoms with E-state index in [1.54, 1.807) is 21.3 Å². The highest BCUT2D eigenvalue weighted by atomic mass is 16.5. The van der Waals surface area contributed by atoms with Crippen molar-refractivity contribution in [2.45, 2.75) is 24.7 Å². The van der Waals surface area contributed by atoms with Crippen LogP contribution in [0.25, 0.3) is 0 Å². The van der Waals surface area contributed by atoms with Crippen molar-refractivity contribution in [1.82, 2.24) is 10.2 Å².